The average molecular weight is 267 g/mol. The number of benzene rings is 2. The molecule has 19 heavy (non-hydrogen) atoms. The van der Waals surface area contributed by atoms with Gasteiger partial charge in [0.1, 0.15) is 6.33 Å². The van der Waals surface area contributed by atoms with Crippen LogP contribution >= 0.6 is 11.6 Å². The second-order valence-corrected chi connectivity index (χ2v) is 4.56. The lowest BCUT2D eigenvalue weighted by Crippen LogP contribution is -1.87. The maximum atomic E-state index is 6.29. The molecule has 0 saturated heterocycles. The van der Waals surface area contributed by atoms with Crippen molar-refractivity contribution in [2.45, 2.75) is 0 Å². The van der Waals surface area contributed by atoms with Crippen molar-refractivity contribution in [2.75, 3.05) is 0 Å². The second-order valence-electron chi connectivity index (χ2n) is 4.15. The van der Waals surface area contributed by atoms with Crippen molar-refractivity contribution in [1.29, 1.82) is 0 Å². The molecule has 2 nitrogen and oxygen atoms in total. The van der Waals surface area contributed by atoms with Crippen LogP contribution in [0.4, 0.5) is 0 Å². The fourth-order valence-corrected chi connectivity index (χ4v) is 2.33. The molecule has 0 spiro atoms. The van der Waals surface area contributed by atoms with E-state index in [1.165, 1.54) is 6.33 Å². The van der Waals surface area contributed by atoms with E-state index in [4.69, 9.17) is 11.6 Å². The van der Waals surface area contributed by atoms with Gasteiger partial charge in [-0.2, -0.15) is 0 Å². The normalized spacial score (nSPS) is 10.4. The molecule has 3 heteroatoms. The Balaban J connectivity index is 2.21. The first-order valence-corrected chi connectivity index (χ1v) is 6.33. The van der Waals surface area contributed by atoms with Crippen molar-refractivity contribution >= 4 is 11.6 Å². The molecule has 0 fully saturated rings. The van der Waals surface area contributed by atoms with E-state index in [9.17, 15) is 0 Å². The lowest BCUT2D eigenvalue weighted by molar-refractivity contribution is 1.17. The first-order valence-electron chi connectivity index (χ1n) is 5.95. The molecule has 0 N–H and O–H groups in total. The molecule has 0 aliphatic rings. The summed E-state index contributed by atoms with van der Waals surface area (Å²) in [5, 5.41) is 0.742. The molecule has 1 aromatic heterocycles. The van der Waals surface area contributed by atoms with Crippen LogP contribution in [0.1, 0.15) is 0 Å². The van der Waals surface area contributed by atoms with Gasteiger partial charge in [0.15, 0.2) is 0 Å². The molecular weight excluding hydrogens is 256 g/mol. The predicted molar refractivity (Wildman–Crippen MR) is 77.9 cm³/mol. The first kappa shape index (κ1) is 11.9. The summed E-state index contributed by atoms with van der Waals surface area (Å²) in [6.07, 6.45) is 5.15. The maximum Gasteiger partial charge on any atom is 0.115 e. The van der Waals surface area contributed by atoms with Gasteiger partial charge in [-0.05, 0) is 17.2 Å². The Bertz CT molecular complexity index is 696. The Morgan fingerprint density at radius 2 is 1.26 bits per heavy atom. The van der Waals surface area contributed by atoms with Gasteiger partial charge in [-0.3, -0.25) is 0 Å². The highest BCUT2D eigenvalue weighted by Crippen LogP contribution is 2.35. The van der Waals surface area contributed by atoms with Crippen LogP contribution in [0.3, 0.4) is 0 Å². The lowest BCUT2D eigenvalue weighted by Gasteiger charge is -2.10. The molecule has 0 aliphatic heterocycles. The zero-order chi connectivity index (χ0) is 13.1. The molecule has 0 saturated carbocycles. The van der Waals surface area contributed by atoms with Crippen LogP contribution in [0.2, 0.25) is 5.02 Å². The molecule has 0 unspecified atom stereocenters. The molecule has 0 aliphatic carbocycles. The zero-order valence-corrected chi connectivity index (χ0v) is 10.9. The Kier molecular flexibility index (Phi) is 3.25. The Morgan fingerprint density at radius 3 is 1.95 bits per heavy atom. The summed E-state index contributed by atoms with van der Waals surface area (Å²) < 4.78 is 0. The molecule has 92 valence electrons. The molecule has 0 atom stereocenters. The quantitative estimate of drug-likeness (QED) is 0.684. The third-order valence-corrected chi connectivity index (χ3v) is 3.29. The summed E-state index contributed by atoms with van der Waals surface area (Å²) >= 11 is 6.29. The monoisotopic (exact) mass is 266 g/mol. The number of aromatic nitrogens is 2. The maximum absolute atomic E-state index is 6.29. The van der Waals surface area contributed by atoms with Gasteiger partial charge >= 0.3 is 0 Å². The van der Waals surface area contributed by atoms with Gasteiger partial charge < -0.3 is 0 Å². The number of halogens is 1. The summed E-state index contributed by atoms with van der Waals surface area (Å²) in [6.45, 7) is 0. The lowest BCUT2D eigenvalue weighted by atomic mass is 9.96. The highest BCUT2D eigenvalue weighted by Gasteiger charge is 2.09. The smallest absolute Gasteiger partial charge is 0.115 e. The van der Waals surface area contributed by atoms with E-state index in [1.54, 1.807) is 0 Å². The third kappa shape index (κ3) is 2.35. The van der Waals surface area contributed by atoms with Gasteiger partial charge in [-0.25, -0.2) is 9.97 Å². The van der Waals surface area contributed by atoms with Crippen molar-refractivity contribution in [1.82, 2.24) is 9.97 Å². The van der Waals surface area contributed by atoms with Gasteiger partial charge in [0.2, 0.25) is 0 Å². The average Bonchev–Trinajstić information content (AvgIpc) is 2.49. The van der Waals surface area contributed by atoms with Gasteiger partial charge in [-0.15, -0.1) is 0 Å². The summed E-state index contributed by atoms with van der Waals surface area (Å²) in [6, 6.07) is 16.0. The first-order chi connectivity index (χ1) is 9.36. The van der Waals surface area contributed by atoms with Crippen molar-refractivity contribution in [2.24, 2.45) is 0 Å². The third-order valence-electron chi connectivity index (χ3n) is 2.96. The molecule has 1 heterocycles. The van der Waals surface area contributed by atoms with Gasteiger partial charge in [0.25, 0.3) is 0 Å². The zero-order valence-electron chi connectivity index (χ0n) is 10.1. The number of hydrogen-bond donors (Lipinski definition) is 0. The van der Waals surface area contributed by atoms with E-state index in [0.717, 1.165) is 27.3 Å². The van der Waals surface area contributed by atoms with E-state index in [0.29, 0.717) is 0 Å². The van der Waals surface area contributed by atoms with Crippen LogP contribution < -0.4 is 0 Å². The number of nitrogens with zero attached hydrogens (tertiary/aromatic N) is 2. The second kappa shape index (κ2) is 5.21. The molecule has 3 aromatic rings. The molecule has 3 rings (SSSR count). The van der Waals surface area contributed by atoms with Gasteiger partial charge in [-0.1, -0.05) is 54.1 Å². The van der Waals surface area contributed by atoms with Crippen molar-refractivity contribution in [3.05, 3.63) is 72.3 Å². The van der Waals surface area contributed by atoms with Crippen LogP contribution in [0.25, 0.3) is 22.3 Å². The summed E-state index contributed by atoms with van der Waals surface area (Å²) in [7, 11) is 0. The highest BCUT2D eigenvalue weighted by atomic mass is 35.5. The molecule has 2 aromatic carbocycles. The largest absolute Gasteiger partial charge is 0.244 e. The minimum absolute atomic E-state index is 0.742. The van der Waals surface area contributed by atoms with E-state index in [-0.39, 0.29) is 0 Å². The summed E-state index contributed by atoms with van der Waals surface area (Å²) in [5.74, 6) is 0. The van der Waals surface area contributed by atoms with Crippen LogP contribution in [-0.2, 0) is 0 Å². The van der Waals surface area contributed by atoms with Gasteiger partial charge in [0.05, 0.1) is 0 Å². The van der Waals surface area contributed by atoms with Crippen LogP contribution in [0, 0.1) is 0 Å². The fraction of sp³-hybridized carbons (Fsp3) is 0. The number of rotatable bonds is 2. The van der Waals surface area contributed by atoms with Crippen molar-refractivity contribution < 1.29 is 0 Å². The molecule has 0 bridgehead atoms. The summed E-state index contributed by atoms with van der Waals surface area (Å²) in [5.41, 5.74) is 4.17. The topological polar surface area (TPSA) is 25.8 Å². The molecule has 0 radical (unpaired) electrons. The van der Waals surface area contributed by atoms with E-state index < -0.39 is 0 Å². The van der Waals surface area contributed by atoms with Crippen LogP contribution in [0.5, 0.6) is 0 Å². The fourth-order valence-electron chi connectivity index (χ4n) is 2.09. The molecular formula is C16H11ClN2. The number of hydrogen-bond acceptors (Lipinski definition) is 2. The highest BCUT2D eigenvalue weighted by molar-refractivity contribution is 6.33. The standard InChI is InChI=1S/C16H11ClN2/c17-16-8-4-3-7-15(16)14-6-2-1-5-13(14)12-9-18-11-19-10-12/h1-11H. The molecule has 0 amide bonds. The minimum Gasteiger partial charge on any atom is -0.244 e. The minimum atomic E-state index is 0.742. The Labute approximate surface area is 116 Å². The summed E-state index contributed by atoms with van der Waals surface area (Å²) in [4.78, 5) is 8.15. The van der Waals surface area contributed by atoms with E-state index in [2.05, 4.69) is 22.1 Å². The van der Waals surface area contributed by atoms with E-state index in [1.807, 2.05) is 48.8 Å². The Hall–Kier alpha value is -2.19. The van der Waals surface area contributed by atoms with Crippen LogP contribution in [0.15, 0.2) is 67.3 Å². The van der Waals surface area contributed by atoms with E-state index >= 15 is 0 Å². The van der Waals surface area contributed by atoms with Crippen molar-refractivity contribution in [3.63, 3.8) is 0 Å². The SMILES string of the molecule is Clc1ccccc1-c1ccccc1-c1cncnc1. The van der Waals surface area contributed by atoms with Crippen LogP contribution in [-0.4, -0.2) is 9.97 Å². The Morgan fingerprint density at radius 1 is 0.684 bits per heavy atom. The predicted octanol–water partition coefficient (Wildman–Crippen LogP) is 4.46. The van der Waals surface area contributed by atoms with Crippen molar-refractivity contribution in [3.8, 4) is 22.3 Å². The van der Waals surface area contributed by atoms with Gasteiger partial charge in [0, 0.05) is 28.5 Å².